The van der Waals surface area contributed by atoms with Gasteiger partial charge >= 0.3 is 0 Å². The largest absolute Gasteiger partial charge is 0.508 e. The van der Waals surface area contributed by atoms with E-state index in [0.29, 0.717) is 25.4 Å². The van der Waals surface area contributed by atoms with Gasteiger partial charge in [-0.2, -0.15) is 0 Å². The van der Waals surface area contributed by atoms with Crippen molar-refractivity contribution >= 4 is 5.69 Å². The van der Waals surface area contributed by atoms with Crippen molar-refractivity contribution in [2.45, 2.75) is 63.4 Å². The fourth-order valence-corrected chi connectivity index (χ4v) is 5.67. The van der Waals surface area contributed by atoms with Crippen molar-refractivity contribution < 1.29 is 19.7 Å². The number of anilines is 1. The molecule has 3 unspecified atom stereocenters. The second kappa shape index (κ2) is 13.0. The number of hydrogen-bond donors (Lipinski definition) is 2. The Morgan fingerprint density at radius 1 is 0.700 bits per heavy atom. The van der Waals surface area contributed by atoms with Crippen molar-refractivity contribution in [3.05, 3.63) is 120 Å². The van der Waals surface area contributed by atoms with Crippen molar-refractivity contribution in [3.8, 4) is 5.75 Å². The molecule has 0 amide bonds. The molecule has 0 fully saturated rings. The molecule has 0 spiro atoms. The number of hydrogen-bond acceptors (Lipinski definition) is 6. The summed E-state index contributed by atoms with van der Waals surface area (Å²) in [6.07, 6.45) is 29.0. The molecule has 1 aromatic rings. The zero-order valence-electron chi connectivity index (χ0n) is 23.3. The Morgan fingerprint density at radius 3 is 1.93 bits per heavy atom. The van der Waals surface area contributed by atoms with E-state index in [-0.39, 0.29) is 24.2 Å². The molecule has 4 aliphatic rings. The molecule has 2 N–H and O–H groups in total. The highest BCUT2D eigenvalue weighted by Crippen LogP contribution is 2.32. The first-order valence-corrected chi connectivity index (χ1v) is 14.4. The van der Waals surface area contributed by atoms with Gasteiger partial charge in [0, 0.05) is 11.4 Å². The van der Waals surface area contributed by atoms with Crippen molar-refractivity contribution in [3.63, 3.8) is 0 Å². The monoisotopic (exact) mass is 540 g/mol. The van der Waals surface area contributed by atoms with Gasteiger partial charge < -0.3 is 29.5 Å². The maximum absolute atomic E-state index is 10.0. The van der Waals surface area contributed by atoms with E-state index in [0.717, 1.165) is 35.7 Å². The van der Waals surface area contributed by atoms with Gasteiger partial charge in [-0.05, 0) is 87.8 Å². The van der Waals surface area contributed by atoms with Crippen molar-refractivity contribution in [2.75, 3.05) is 18.1 Å². The third-order valence-corrected chi connectivity index (χ3v) is 7.58. The van der Waals surface area contributed by atoms with Crippen LogP contribution in [0, 0.1) is 0 Å². The van der Waals surface area contributed by atoms with E-state index in [1.54, 1.807) is 6.08 Å². The van der Waals surface area contributed by atoms with Gasteiger partial charge in [0.05, 0.1) is 43.5 Å². The van der Waals surface area contributed by atoms with E-state index >= 15 is 0 Å². The van der Waals surface area contributed by atoms with Gasteiger partial charge in [0.2, 0.25) is 0 Å². The molecule has 210 valence electrons. The van der Waals surface area contributed by atoms with E-state index in [1.165, 1.54) is 0 Å². The van der Waals surface area contributed by atoms with Crippen LogP contribution in [0.1, 0.15) is 33.1 Å². The Morgan fingerprint density at radius 2 is 1.35 bits per heavy atom. The fourth-order valence-electron chi connectivity index (χ4n) is 5.67. The summed E-state index contributed by atoms with van der Waals surface area (Å²) in [4.78, 5) is 4.81. The summed E-state index contributed by atoms with van der Waals surface area (Å²) >= 11 is 0. The highest BCUT2D eigenvalue weighted by molar-refractivity contribution is 5.55. The van der Waals surface area contributed by atoms with E-state index < -0.39 is 6.10 Å². The highest BCUT2D eigenvalue weighted by atomic mass is 16.5. The van der Waals surface area contributed by atoms with Crippen LogP contribution in [0.25, 0.3) is 0 Å². The Bertz CT molecular complexity index is 1250. The highest BCUT2D eigenvalue weighted by Gasteiger charge is 2.29. The Labute approximate surface area is 237 Å². The zero-order valence-corrected chi connectivity index (χ0v) is 23.3. The molecule has 0 saturated carbocycles. The lowest BCUT2D eigenvalue weighted by molar-refractivity contribution is 0.218. The molecule has 5 rings (SSSR count). The van der Waals surface area contributed by atoms with Crippen LogP contribution in [0.4, 0.5) is 5.69 Å². The first-order chi connectivity index (χ1) is 19.6. The lowest BCUT2D eigenvalue weighted by Gasteiger charge is -2.42. The number of nitrogens with zero attached hydrogens (tertiary/aromatic N) is 2. The summed E-state index contributed by atoms with van der Waals surface area (Å²) in [5, 5.41) is 19.9. The smallest absolute Gasteiger partial charge is 0.119 e. The number of allylic oxidation sites excluding steroid dienone is 3. The van der Waals surface area contributed by atoms with Gasteiger partial charge in [0.15, 0.2) is 0 Å². The first-order valence-electron chi connectivity index (χ1n) is 14.4. The first kappa shape index (κ1) is 27.7. The van der Waals surface area contributed by atoms with Gasteiger partial charge in [-0.1, -0.05) is 48.6 Å². The lowest BCUT2D eigenvalue weighted by Crippen LogP contribution is -2.45. The summed E-state index contributed by atoms with van der Waals surface area (Å²) in [5.41, 5.74) is 2.21. The predicted molar refractivity (Wildman–Crippen MR) is 161 cm³/mol. The van der Waals surface area contributed by atoms with Crippen LogP contribution in [-0.2, 0) is 4.74 Å². The van der Waals surface area contributed by atoms with Crippen LogP contribution in [0.5, 0.6) is 5.75 Å². The molecular formula is C34H40N2O4. The second-order valence-corrected chi connectivity index (χ2v) is 10.3. The van der Waals surface area contributed by atoms with Gasteiger partial charge in [0.1, 0.15) is 17.3 Å². The Balaban J connectivity index is 1.40. The zero-order chi connectivity index (χ0) is 27.9. The topological polar surface area (TPSA) is 65.4 Å². The third-order valence-electron chi connectivity index (χ3n) is 7.58. The van der Waals surface area contributed by atoms with Gasteiger partial charge in [-0.25, -0.2) is 0 Å². The Kier molecular flexibility index (Phi) is 8.97. The third kappa shape index (κ3) is 6.45. The van der Waals surface area contributed by atoms with Crippen molar-refractivity contribution in [1.29, 1.82) is 0 Å². The molecule has 6 nitrogen and oxygen atoms in total. The van der Waals surface area contributed by atoms with Gasteiger partial charge in [0.25, 0.3) is 0 Å². The number of benzene rings is 1. The van der Waals surface area contributed by atoms with E-state index in [1.807, 2.05) is 44.2 Å². The molecule has 0 heterocycles. The fraction of sp³-hybridized carbons (Fsp3) is 0.353. The SMILES string of the molecule is CCOC1=CCC(N(c2ccc(OCC)cc2)C2C=CC(N(C3=CCC(O)C=C3)C3C=CC(O)=CC3)C=C2)C=C1. The number of rotatable bonds is 10. The minimum Gasteiger partial charge on any atom is -0.508 e. The summed E-state index contributed by atoms with van der Waals surface area (Å²) < 4.78 is 11.4. The molecule has 6 heteroatoms. The average Bonchev–Trinajstić information content (AvgIpc) is 2.98. The standard InChI is InChI=1S/C34H40N2O4/c1-3-39-33-21-13-29(14-22-33)36(30-15-23-34(24-16-30)40-4-2)26-7-5-25(6-8-26)35(27-9-17-31(37)18-10-27)28-11-19-32(38)20-12-28/h5-11,13-15,17,19-26,28,30-31,37-38H,3-4,12,16,18H2,1-2H3. The van der Waals surface area contributed by atoms with E-state index in [4.69, 9.17) is 9.47 Å². The van der Waals surface area contributed by atoms with Crippen LogP contribution in [0.15, 0.2) is 120 Å². The molecule has 0 bridgehead atoms. The van der Waals surface area contributed by atoms with Crippen LogP contribution >= 0.6 is 0 Å². The number of aliphatic hydroxyl groups is 2. The quantitative estimate of drug-likeness (QED) is 0.341. The predicted octanol–water partition coefficient (Wildman–Crippen LogP) is 6.28. The lowest BCUT2D eigenvalue weighted by atomic mass is 9.95. The van der Waals surface area contributed by atoms with Crippen LogP contribution in [0.3, 0.4) is 0 Å². The van der Waals surface area contributed by atoms with Crippen LogP contribution in [-0.4, -0.2) is 58.6 Å². The summed E-state index contributed by atoms with van der Waals surface area (Å²) in [6.45, 7) is 5.30. The summed E-state index contributed by atoms with van der Waals surface area (Å²) in [6, 6.07) is 8.72. The molecule has 4 aliphatic carbocycles. The molecule has 0 radical (unpaired) electrons. The minimum absolute atomic E-state index is 0.0409. The van der Waals surface area contributed by atoms with Crippen LogP contribution < -0.4 is 9.64 Å². The average molecular weight is 541 g/mol. The molecule has 3 atom stereocenters. The Hall–Kier alpha value is -3.90. The van der Waals surface area contributed by atoms with E-state index in [2.05, 4.69) is 76.6 Å². The molecule has 0 aromatic heterocycles. The maximum Gasteiger partial charge on any atom is 0.119 e. The molecule has 0 aliphatic heterocycles. The molecule has 40 heavy (non-hydrogen) atoms. The van der Waals surface area contributed by atoms with Crippen LogP contribution in [0.2, 0.25) is 0 Å². The van der Waals surface area contributed by atoms with Gasteiger partial charge in [-0.3, -0.25) is 0 Å². The van der Waals surface area contributed by atoms with Crippen molar-refractivity contribution in [2.24, 2.45) is 0 Å². The van der Waals surface area contributed by atoms with E-state index in [9.17, 15) is 10.2 Å². The molecular weight excluding hydrogens is 500 g/mol. The number of aliphatic hydroxyl groups excluding tert-OH is 2. The summed E-state index contributed by atoms with van der Waals surface area (Å²) in [7, 11) is 0. The molecule has 1 aromatic carbocycles. The minimum atomic E-state index is -0.443. The summed E-state index contributed by atoms with van der Waals surface area (Å²) in [5.74, 6) is 2.10. The maximum atomic E-state index is 10.0. The van der Waals surface area contributed by atoms with Gasteiger partial charge in [-0.15, -0.1) is 0 Å². The normalized spacial score (nSPS) is 27.1. The van der Waals surface area contributed by atoms with Crippen molar-refractivity contribution in [1.82, 2.24) is 4.90 Å². The number of ether oxygens (including phenoxy) is 2. The molecule has 0 saturated heterocycles. The second-order valence-electron chi connectivity index (χ2n) is 10.3.